The van der Waals surface area contributed by atoms with Crippen LogP contribution in [0.1, 0.15) is 19.3 Å². The molecule has 3 rings (SSSR count). The van der Waals surface area contributed by atoms with E-state index < -0.39 is 0 Å². The van der Waals surface area contributed by atoms with Crippen molar-refractivity contribution in [1.29, 1.82) is 0 Å². The third-order valence-electron chi connectivity index (χ3n) is 4.19. The molecule has 7 heteroatoms. The average molecular weight is 305 g/mol. The molecule has 2 N–H and O–H groups in total. The number of nitrogens with zero attached hydrogens (tertiary/aromatic N) is 3. The zero-order valence-electron chi connectivity index (χ0n) is 12.8. The van der Waals surface area contributed by atoms with E-state index in [1.807, 2.05) is 6.07 Å². The van der Waals surface area contributed by atoms with E-state index in [9.17, 15) is 4.79 Å². The van der Waals surface area contributed by atoms with Crippen LogP contribution in [0.3, 0.4) is 0 Å². The second-order valence-electron chi connectivity index (χ2n) is 5.71. The molecule has 1 saturated carbocycles. The molecular weight excluding hydrogens is 282 g/mol. The molecule has 2 aliphatic rings. The number of carbonyl (C=O) groups is 1. The lowest BCUT2D eigenvalue weighted by Crippen LogP contribution is -2.37. The molecule has 1 aliphatic heterocycles. The van der Waals surface area contributed by atoms with Crippen molar-refractivity contribution in [2.45, 2.75) is 19.3 Å². The van der Waals surface area contributed by atoms with Crippen LogP contribution in [-0.4, -0.2) is 55.3 Å². The fourth-order valence-electron chi connectivity index (χ4n) is 2.60. The van der Waals surface area contributed by atoms with Gasteiger partial charge in [0.05, 0.1) is 13.2 Å². The fourth-order valence-corrected chi connectivity index (χ4v) is 2.60. The topological polar surface area (TPSA) is 79.4 Å². The van der Waals surface area contributed by atoms with Crippen molar-refractivity contribution in [3.63, 3.8) is 0 Å². The van der Waals surface area contributed by atoms with E-state index in [2.05, 4.69) is 25.5 Å². The molecule has 0 bridgehead atoms. The summed E-state index contributed by atoms with van der Waals surface area (Å²) >= 11 is 0. The second kappa shape index (κ2) is 7.40. The lowest BCUT2D eigenvalue weighted by molar-refractivity contribution is -0.127. The quantitative estimate of drug-likeness (QED) is 0.751. The van der Waals surface area contributed by atoms with E-state index in [0.29, 0.717) is 13.1 Å². The van der Waals surface area contributed by atoms with Crippen molar-refractivity contribution in [3.8, 4) is 0 Å². The van der Waals surface area contributed by atoms with Gasteiger partial charge in [-0.1, -0.05) is 6.42 Å². The minimum absolute atomic E-state index is 0.185. The Labute approximate surface area is 130 Å². The molecular formula is C15H23N5O2. The summed E-state index contributed by atoms with van der Waals surface area (Å²) in [5, 5.41) is 6.19. The Hall–Kier alpha value is -1.89. The first-order valence-corrected chi connectivity index (χ1v) is 7.99. The lowest BCUT2D eigenvalue weighted by atomic mass is 9.85. The van der Waals surface area contributed by atoms with E-state index in [1.54, 1.807) is 6.33 Å². The maximum absolute atomic E-state index is 11.7. The summed E-state index contributed by atoms with van der Waals surface area (Å²) in [7, 11) is 0. The molecule has 2 fully saturated rings. The molecule has 0 spiro atoms. The number of carbonyl (C=O) groups excluding carboxylic acids is 1. The molecule has 120 valence electrons. The van der Waals surface area contributed by atoms with Gasteiger partial charge in [0.25, 0.3) is 0 Å². The van der Waals surface area contributed by atoms with Crippen LogP contribution in [-0.2, 0) is 9.53 Å². The number of anilines is 2. The van der Waals surface area contributed by atoms with Crippen LogP contribution in [0.2, 0.25) is 0 Å². The molecule has 22 heavy (non-hydrogen) atoms. The molecule has 1 aliphatic carbocycles. The summed E-state index contributed by atoms with van der Waals surface area (Å²) in [4.78, 5) is 22.4. The minimum Gasteiger partial charge on any atom is -0.378 e. The number of hydrogen-bond acceptors (Lipinski definition) is 6. The van der Waals surface area contributed by atoms with Gasteiger partial charge in [-0.3, -0.25) is 4.79 Å². The summed E-state index contributed by atoms with van der Waals surface area (Å²) in [6.07, 6.45) is 4.82. The maximum atomic E-state index is 11.7. The molecule has 0 unspecified atom stereocenters. The summed E-state index contributed by atoms with van der Waals surface area (Å²) in [5.74, 6) is 2.13. The van der Waals surface area contributed by atoms with Gasteiger partial charge in [-0.25, -0.2) is 9.97 Å². The van der Waals surface area contributed by atoms with Crippen LogP contribution in [0.25, 0.3) is 0 Å². The van der Waals surface area contributed by atoms with Crippen molar-refractivity contribution < 1.29 is 9.53 Å². The molecule has 0 aromatic carbocycles. The Kier molecular flexibility index (Phi) is 5.05. The summed E-state index contributed by atoms with van der Waals surface area (Å²) in [6, 6.07) is 1.94. The maximum Gasteiger partial charge on any atom is 0.223 e. The van der Waals surface area contributed by atoms with Crippen molar-refractivity contribution >= 4 is 17.5 Å². The summed E-state index contributed by atoms with van der Waals surface area (Å²) < 4.78 is 5.35. The predicted molar refractivity (Wildman–Crippen MR) is 83.9 cm³/mol. The van der Waals surface area contributed by atoms with Gasteiger partial charge in [-0.2, -0.15) is 0 Å². The van der Waals surface area contributed by atoms with E-state index in [-0.39, 0.29) is 11.8 Å². The zero-order chi connectivity index (χ0) is 15.2. The smallest absolute Gasteiger partial charge is 0.223 e. The van der Waals surface area contributed by atoms with Gasteiger partial charge in [0.1, 0.15) is 18.0 Å². The molecule has 2 heterocycles. The lowest BCUT2D eigenvalue weighted by Gasteiger charge is -2.27. The van der Waals surface area contributed by atoms with Crippen LogP contribution in [0.15, 0.2) is 12.4 Å². The molecule has 1 saturated heterocycles. The number of hydrogen-bond donors (Lipinski definition) is 2. The van der Waals surface area contributed by atoms with Gasteiger partial charge in [0.15, 0.2) is 0 Å². The van der Waals surface area contributed by atoms with Crippen LogP contribution in [0.4, 0.5) is 11.6 Å². The third kappa shape index (κ3) is 3.85. The Balaban J connectivity index is 1.43. The molecule has 7 nitrogen and oxygen atoms in total. The summed E-state index contributed by atoms with van der Waals surface area (Å²) in [5.41, 5.74) is 0. The van der Waals surface area contributed by atoms with Gasteiger partial charge < -0.3 is 20.3 Å². The fraction of sp³-hybridized carbons (Fsp3) is 0.667. The third-order valence-corrected chi connectivity index (χ3v) is 4.19. The van der Waals surface area contributed by atoms with E-state index in [4.69, 9.17) is 4.74 Å². The highest BCUT2D eigenvalue weighted by Crippen LogP contribution is 2.26. The monoisotopic (exact) mass is 305 g/mol. The van der Waals surface area contributed by atoms with Gasteiger partial charge in [-0.15, -0.1) is 0 Å². The second-order valence-corrected chi connectivity index (χ2v) is 5.71. The predicted octanol–water partition coefficient (Wildman–Crippen LogP) is 0.641. The van der Waals surface area contributed by atoms with E-state index in [1.165, 1.54) is 6.42 Å². The summed E-state index contributed by atoms with van der Waals surface area (Å²) in [6.45, 7) is 4.46. The Morgan fingerprint density at radius 2 is 2.09 bits per heavy atom. The number of ether oxygens (including phenoxy) is 1. The van der Waals surface area contributed by atoms with Crippen molar-refractivity contribution in [2.24, 2.45) is 5.92 Å². The van der Waals surface area contributed by atoms with Gasteiger partial charge >= 0.3 is 0 Å². The molecule has 1 amide bonds. The number of morpholine rings is 1. The first-order valence-electron chi connectivity index (χ1n) is 7.99. The number of aromatic nitrogens is 2. The van der Waals surface area contributed by atoms with Crippen LogP contribution < -0.4 is 15.5 Å². The van der Waals surface area contributed by atoms with Crippen LogP contribution >= 0.6 is 0 Å². The Bertz CT molecular complexity index is 500. The zero-order valence-corrected chi connectivity index (χ0v) is 12.8. The van der Waals surface area contributed by atoms with E-state index >= 15 is 0 Å². The highest BCUT2D eigenvalue weighted by molar-refractivity contribution is 5.79. The average Bonchev–Trinajstić information content (AvgIpc) is 2.51. The Morgan fingerprint density at radius 3 is 2.82 bits per heavy atom. The Morgan fingerprint density at radius 1 is 1.27 bits per heavy atom. The molecule has 1 aromatic rings. The van der Waals surface area contributed by atoms with Crippen molar-refractivity contribution in [1.82, 2.24) is 15.3 Å². The largest absolute Gasteiger partial charge is 0.378 e. The van der Waals surface area contributed by atoms with Gasteiger partial charge in [0.2, 0.25) is 5.91 Å². The van der Waals surface area contributed by atoms with Crippen molar-refractivity contribution in [3.05, 3.63) is 12.4 Å². The first-order chi connectivity index (χ1) is 10.8. The van der Waals surface area contributed by atoms with Gasteiger partial charge in [-0.05, 0) is 12.8 Å². The normalized spacial score (nSPS) is 18.6. The minimum atomic E-state index is 0.185. The number of rotatable bonds is 6. The molecule has 1 aromatic heterocycles. The standard InChI is InChI=1S/C15H23N5O2/c21-15(12-2-1-3-12)17-5-4-16-13-10-14(19-11-18-13)20-6-8-22-9-7-20/h10-12H,1-9H2,(H,17,21)(H,16,18,19). The molecule has 0 atom stereocenters. The SMILES string of the molecule is O=C(NCCNc1cc(N2CCOCC2)ncn1)C1CCC1. The number of nitrogens with one attached hydrogen (secondary N) is 2. The van der Waals surface area contributed by atoms with Crippen LogP contribution in [0.5, 0.6) is 0 Å². The highest BCUT2D eigenvalue weighted by atomic mass is 16.5. The number of amides is 1. The molecule has 0 radical (unpaired) electrons. The van der Waals surface area contributed by atoms with Crippen molar-refractivity contribution in [2.75, 3.05) is 49.6 Å². The highest BCUT2D eigenvalue weighted by Gasteiger charge is 2.24. The van der Waals surface area contributed by atoms with E-state index in [0.717, 1.165) is 50.8 Å². The van der Waals surface area contributed by atoms with Gasteiger partial charge in [0, 0.05) is 38.2 Å². The van der Waals surface area contributed by atoms with Crippen LogP contribution in [0, 0.1) is 5.92 Å². The first kappa shape index (κ1) is 15.0.